The molecule has 1 aromatic rings. The maximum absolute atomic E-state index is 12.6. The van der Waals surface area contributed by atoms with Crippen LogP contribution >= 0.6 is 0 Å². The van der Waals surface area contributed by atoms with Crippen LogP contribution in [0.3, 0.4) is 0 Å². The number of anilines is 1. The maximum Gasteiger partial charge on any atom is 0.329 e. The van der Waals surface area contributed by atoms with Gasteiger partial charge in [-0.05, 0) is 38.8 Å². The van der Waals surface area contributed by atoms with Crippen molar-refractivity contribution in [1.29, 1.82) is 0 Å². The fourth-order valence-corrected chi connectivity index (χ4v) is 4.18. The van der Waals surface area contributed by atoms with Crippen LogP contribution in [0, 0.1) is 18.8 Å². The first-order valence-electron chi connectivity index (χ1n) is 10.8. The zero-order chi connectivity index (χ0) is 23.4. The summed E-state index contributed by atoms with van der Waals surface area (Å²) in [5, 5.41) is 2.69. The Kier molecular flexibility index (Phi) is 7.27. The van der Waals surface area contributed by atoms with Gasteiger partial charge in [-0.1, -0.05) is 30.5 Å². The number of imide groups is 1. The highest BCUT2D eigenvalue weighted by Gasteiger charge is 2.51. The van der Waals surface area contributed by atoms with Crippen LogP contribution in [0.25, 0.3) is 0 Å². The molecule has 1 N–H and O–H groups in total. The number of fused-ring (bicyclic) bond motifs is 1. The molecule has 3 atom stereocenters. The van der Waals surface area contributed by atoms with E-state index in [2.05, 4.69) is 5.32 Å². The van der Waals surface area contributed by atoms with Gasteiger partial charge in [-0.3, -0.25) is 24.1 Å². The molecule has 0 aromatic heterocycles. The highest BCUT2D eigenvalue weighted by Crippen LogP contribution is 2.38. The van der Waals surface area contributed by atoms with Gasteiger partial charge in [-0.15, -0.1) is 0 Å². The normalized spacial score (nSPS) is 21.0. The molecule has 0 spiro atoms. The van der Waals surface area contributed by atoms with Gasteiger partial charge in [-0.2, -0.15) is 0 Å². The number of esters is 1. The number of nitrogens with zero attached hydrogens (tertiary/aromatic N) is 2. The molecular formula is C23H29N3O6. The predicted molar refractivity (Wildman–Crippen MR) is 115 cm³/mol. The van der Waals surface area contributed by atoms with E-state index in [1.807, 2.05) is 19.1 Å². The van der Waals surface area contributed by atoms with E-state index >= 15 is 0 Å². The van der Waals surface area contributed by atoms with E-state index in [1.165, 1.54) is 14.0 Å². The molecule has 2 fully saturated rings. The molecule has 0 radical (unpaired) electrons. The lowest BCUT2D eigenvalue weighted by molar-refractivity contribution is -0.161. The van der Waals surface area contributed by atoms with Crippen molar-refractivity contribution in [3.05, 3.63) is 29.8 Å². The van der Waals surface area contributed by atoms with Gasteiger partial charge in [0.2, 0.25) is 17.7 Å². The molecule has 32 heavy (non-hydrogen) atoms. The number of hydrogen-bond donors (Lipinski definition) is 1. The number of hydrogen-bond acceptors (Lipinski definition) is 6. The third-order valence-corrected chi connectivity index (χ3v) is 6.08. The highest BCUT2D eigenvalue weighted by molar-refractivity contribution is 6.07. The van der Waals surface area contributed by atoms with Crippen LogP contribution in [0.15, 0.2) is 24.3 Å². The molecule has 0 bridgehead atoms. The van der Waals surface area contributed by atoms with Crippen LogP contribution in [0.2, 0.25) is 0 Å². The lowest BCUT2D eigenvalue weighted by Crippen LogP contribution is -2.45. The van der Waals surface area contributed by atoms with Crippen LogP contribution in [0.5, 0.6) is 0 Å². The fourth-order valence-electron chi connectivity index (χ4n) is 4.18. The van der Waals surface area contributed by atoms with E-state index in [0.717, 1.165) is 28.2 Å². The Balaban J connectivity index is 1.47. The smallest absolute Gasteiger partial charge is 0.329 e. The highest BCUT2D eigenvalue weighted by atomic mass is 16.5. The minimum Gasteiger partial charge on any atom is -0.454 e. The predicted octanol–water partition coefficient (Wildman–Crippen LogP) is 1.50. The van der Waals surface area contributed by atoms with E-state index in [9.17, 15) is 24.0 Å². The Hall–Kier alpha value is -3.23. The van der Waals surface area contributed by atoms with Crippen LogP contribution in [0.4, 0.5) is 5.69 Å². The molecule has 1 saturated heterocycles. The Labute approximate surface area is 187 Å². The Morgan fingerprint density at radius 1 is 1.09 bits per heavy atom. The summed E-state index contributed by atoms with van der Waals surface area (Å²) in [5.74, 6) is -3.16. The van der Waals surface area contributed by atoms with Crippen molar-refractivity contribution in [3.8, 4) is 0 Å². The number of ether oxygens (including phenoxy) is 1. The van der Waals surface area contributed by atoms with Crippen molar-refractivity contribution in [2.45, 2.75) is 45.6 Å². The average molecular weight is 444 g/mol. The van der Waals surface area contributed by atoms with E-state index < -0.39 is 24.5 Å². The summed E-state index contributed by atoms with van der Waals surface area (Å²) in [6, 6.07) is 6.14. The molecule has 9 nitrogen and oxygen atoms in total. The number of carbonyl (C=O) groups excluding carboxylic acids is 5. The third-order valence-electron chi connectivity index (χ3n) is 6.08. The first-order chi connectivity index (χ1) is 15.2. The van der Waals surface area contributed by atoms with E-state index in [0.29, 0.717) is 18.5 Å². The number of amides is 4. The number of rotatable bonds is 7. The number of benzene rings is 1. The zero-order valence-corrected chi connectivity index (χ0v) is 18.6. The van der Waals surface area contributed by atoms with Gasteiger partial charge in [0.05, 0.1) is 18.4 Å². The van der Waals surface area contributed by atoms with Gasteiger partial charge in [0.15, 0.2) is 6.61 Å². The van der Waals surface area contributed by atoms with Crippen molar-refractivity contribution in [3.63, 3.8) is 0 Å². The van der Waals surface area contributed by atoms with E-state index in [1.54, 1.807) is 12.1 Å². The average Bonchev–Trinajstić information content (AvgIpc) is 3.03. The third kappa shape index (κ3) is 5.15. The summed E-state index contributed by atoms with van der Waals surface area (Å²) in [6.07, 6.45) is 3.10. The molecule has 1 aromatic carbocycles. The SMILES string of the molecule is Cc1ccc(NC(=O)CN(C)C(=O)COC(=O)[C@H](C)N2C(=O)C3CCCCC3C2=O)cc1. The lowest BCUT2D eigenvalue weighted by atomic mass is 9.81. The second kappa shape index (κ2) is 9.93. The Morgan fingerprint density at radius 3 is 2.22 bits per heavy atom. The molecular weight excluding hydrogens is 414 g/mol. The van der Waals surface area contributed by atoms with Gasteiger partial charge in [0.25, 0.3) is 5.91 Å². The van der Waals surface area contributed by atoms with Crippen molar-refractivity contribution in [1.82, 2.24) is 9.80 Å². The monoisotopic (exact) mass is 443 g/mol. The van der Waals surface area contributed by atoms with E-state index in [-0.39, 0.29) is 36.1 Å². The molecule has 1 saturated carbocycles. The molecule has 2 unspecified atom stereocenters. The van der Waals surface area contributed by atoms with Crippen molar-refractivity contribution >= 4 is 35.3 Å². The minimum absolute atomic E-state index is 0.216. The van der Waals surface area contributed by atoms with Crippen molar-refractivity contribution in [2.75, 3.05) is 25.5 Å². The first-order valence-corrected chi connectivity index (χ1v) is 10.8. The van der Waals surface area contributed by atoms with Gasteiger partial charge in [-0.25, -0.2) is 4.79 Å². The summed E-state index contributed by atoms with van der Waals surface area (Å²) in [4.78, 5) is 64.2. The second-order valence-corrected chi connectivity index (χ2v) is 8.49. The topological polar surface area (TPSA) is 113 Å². The van der Waals surface area contributed by atoms with E-state index in [4.69, 9.17) is 4.74 Å². The van der Waals surface area contributed by atoms with Crippen LogP contribution in [0.1, 0.15) is 38.2 Å². The first kappa shape index (κ1) is 23.4. The van der Waals surface area contributed by atoms with Gasteiger partial charge < -0.3 is 15.0 Å². The summed E-state index contributed by atoms with van der Waals surface area (Å²) < 4.78 is 5.05. The number of likely N-dealkylation sites (tertiary alicyclic amines) is 1. The second-order valence-electron chi connectivity index (χ2n) is 8.49. The number of likely N-dealkylation sites (N-methyl/N-ethyl adjacent to an activating group) is 1. The lowest BCUT2D eigenvalue weighted by Gasteiger charge is -2.22. The Morgan fingerprint density at radius 2 is 1.66 bits per heavy atom. The van der Waals surface area contributed by atoms with Crippen LogP contribution in [-0.2, 0) is 28.7 Å². The number of aryl methyl sites for hydroxylation is 1. The van der Waals surface area contributed by atoms with Crippen LogP contribution in [-0.4, -0.2) is 65.6 Å². The van der Waals surface area contributed by atoms with Crippen LogP contribution < -0.4 is 5.32 Å². The van der Waals surface area contributed by atoms with Gasteiger partial charge >= 0.3 is 5.97 Å². The zero-order valence-electron chi connectivity index (χ0n) is 18.6. The Bertz CT molecular complexity index is 889. The summed E-state index contributed by atoms with van der Waals surface area (Å²) in [6.45, 7) is 2.56. The molecule has 2 aliphatic rings. The molecule has 1 aliphatic carbocycles. The molecule has 1 heterocycles. The summed E-state index contributed by atoms with van der Waals surface area (Å²) in [7, 11) is 1.42. The van der Waals surface area contributed by atoms with Gasteiger partial charge in [0, 0.05) is 12.7 Å². The molecule has 172 valence electrons. The quantitative estimate of drug-likeness (QED) is 0.505. The molecule has 4 amide bonds. The maximum atomic E-state index is 12.6. The van der Waals surface area contributed by atoms with Gasteiger partial charge in [0.1, 0.15) is 6.04 Å². The summed E-state index contributed by atoms with van der Waals surface area (Å²) >= 11 is 0. The van der Waals surface area contributed by atoms with Crippen molar-refractivity contribution in [2.24, 2.45) is 11.8 Å². The fraction of sp³-hybridized carbons (Fsp3) is 0.522. The largest absolute Gasteiger partial charge is 0.454 e. The standard InChI is InChI=1S/C23H29N3O6/c1-14-8-10-16(11-9-14)24-19(27)12-25(3)20(28)13-32-23(31)15(2)26-21(29)17-6-4-5-7-18(17)22(26)30/h8-11,15,17-18H,4-7,12-13H2,1-3H3,(H,24,27)/t15-,17?,18?/m0/s1. The summed E-state index contributed by atoms with van der Waals surface area (Å²) in [5.41, 5.74) is 1.67. The molecule has 3 rings (SSSR count). The minimum atomic E-state index is -1.09. The number of carbonyl (C=O) groups is 5. The molecule has 1 aliphatic heterocycles. The molecule has 9 heteroatoms. The van der Waals surface area contributed by atoms with Crippen molar-refractivity contribution < 1.29 is 28.7 Å². The number of nitrogens with one attached hydrogen (secondary N) is 1.